The molecule has 0 saturated carbocycles. The van der Waals surface area contributed by atoms with E-state index in [4.69, 9.17) is 5.11 Å². The number of hydrogen-bond acceptors (Lipinski definition) is 4. The normalized spacial score (nSPS) is 21.6. The Morgan fingerprint density at radius 3 is 2.48 bits per heavy atom. The Morgan fingerprint density at radius 1 is 1.16 bits per heavy atom. The third kappa shape index (κ3) is 4.12. The maximum Gasteiger partial charge on any atom is 0.295 e. The highest BCUT2D eigenvalue weighted by atomic mass is 32.2. The van der Waals surface area contributed by atoms with Gasteiger partial charge in [0.2, 0.25) is 0 Å². The van der Waals surface area contributed by atoms with Crippen LogP contribution in [0, 0.1) is 0 Å². The van der Waals surface area contributed by atoms with Crippen LogP contribution < -0.4 is 19.7 Å². The zero-order valence-electron chi connectivity index (χ0n) is 14.9. The average Bonchev–Trinajstić information content (AvgIpc) is 2.63. The fourth-order valence-corrected chi connectivity index (χ4v) is 5.19. The Kier molecular flexibility index (Phi) is 5.90. The summed E-state index contributed by atoms with van der Waals surface area (Å²) in [6.45, 7) is 7.13. The minimum atomic E-state index is -3.49. The summed E-state index contributed by atoms with van der Waals surface area (Å²) in [4.78, 5) is 8.39. The van der Waals surface area contributed by atoms with Gasteiger partial charge in [-0.05, 0) is 12.1 Å². The predicted octanol–water partition coefficient (Wildman–Crippen LogP) is -4.28. The number of piperazine rings is 2. The summed E-state index contributed by atoms with van der Waals surface area (Å²) in [5.41, 5.74) is 0. The predicted molar refractivity (Wildman–Crippen MR) is 93.2 cm³/mol. The van der Waals surface area contributed by atoms with E-state index in [0.717, 1.165) is 45.8 Å². The third-order valence-corrected chi connectivity index (χ3v) is 7.17. The summed E-state index contributed by atoms with van der Waals surface area (Å²) >= 11 is 0. The molecule has 2 fully saturated rings. The van der Waals surface area contributed by atoms with E-state index in [0.29, 0.717) is 23.8 Å². The van der Waals surface area contributed by atoms with Gasteiger partial charge in [-0.15, -0.1) is 0 Å². The smallest absolute Gasteiger partial charge is 0.295 e. The van der Waals surface area contributed by atoms with Crippen LogP contribution in [0.4, 0.5) is 5.82 Å². The lowest BCUT2D eigenvalue weighted by Gasteiger charge is -2.31. The van der Waals surface area contributed by atoms with Gasteiger partial charge in [-0.25, -0.2) is 18.3 Å². The van der Waals surface area contributed by atoms with Gasteiger partial charge in [-0.1, -0.05) is 0 Å². The van der Waals surface area contributed by atoms with Crippen LogP contribution in [-0.2, 0) is 10.0 Å². The Hall–Kier alpha value is -1.26. The number of anilines is 1. The van der Waals surface area contributed by atoms with Crippen LogP contribution in [0.5, 0.6) is 0 Å². The Morgan fingerprint density at radius 2 is 1.84 bits per heavy atom. The number of aliphatic hydroxyl groups is 1. The first kappa shape index (κ1) is 18.5. The van der Waals surface area contributed by atoms with Crippen LogP contribution in [0.1, 0.15) is 0 Å². The number of H-pyrrole nitrogens is 1. The minimum Gasteiger partial charge on any atom is -0.391 e. The molecule has 1 aromatic rings. The Labute approximate surface area is 149 Å². The van der Waals surface area contributed by atoms with Crippen molar-refractivity contribution in [2.24, 2.45) is 0 Å². The van der Waals surface area contributed by atoms with Gasteiger partial charge in [0.25, 0.3) is 15.8 Å². The highest BCUT2D eigenvalue weighted by molar-refractivity contribution is 7.89. The van der Waals surface area contributed by atoms with E-state index in [-0.39, 0.29) is 6.61 Å². The van der Waals surface area contributed by atoms with Crippen LogP contribution in [0.15, 0.2) is 23.2 Å². The SMILES string of the molecule is C[NH+]1CCN(S(=O)(=O)c2ccc[nH+]c2N2CC[NH+](CCO)CC2)CC1. The van der Waals surface area contributed by atoms with Gasteiger partial charge in [0.05, 0.1) is 46.0 Å². The molecule has 1 aromatic heterocycles. The topological polar surface area (TPSA) is 83.9 Å². The first-order valence-electron chi connectivity index (χ1n) is 9.04. The summed E-state index contributed by atoms with van der Waals surface area (Å²) in [5.74, 6) is 0.692. The molecule has 0 unspecified atom stereocenters. The molecule has 8 nitrogen and oxygen atoms in total. The molecule has 3 heterocycles. The molecular weight excluding hydrogens is 342 g/mol. The lowest BCUT2D eigenvalue weighted by Crippen LogP contribution is -3.15. The van der Waals surface area contributed by atoms with E-state index in [1.165, 1.54) is 9.80 Å². The van der Waals surface area contributed by atoms with Gasteiger partial charge < -0.3 is 14.9 Å². The molecule has 0 bridgehead atoms. The van der Waals surface area contributed by atoms with Crippen molar-refractivity contribution in [3.05, 3.63) is 18.3 Å². The standard InChI is InChI=1S/C16H27N5O3S/c1-18-5-11-21(12-6-18)25(23,24)15-3-2-4-17-16(15)20-9-7-19(8-10-20)13-14-22/h2-4,22H,5-14H2,1H3/p+3. The van der Waals surface area contributed by atoms with Crippen LogP contribution in [0.2, 0.25) is 0 Å². The molecule has 4 N–H and O–H groups in total. The second kappa shape index (κ2) is 7.96. The quantitative estimate of drug-likeness (QED) is 0.489. The first-order valence-corrected chi connectivity index (χ1v) is 10.5. The molecule has 0 amide bonds. The number of rotatable bonds is 5. The molecule has 25 heavy (non-hydrogen) atoms. The minimum absolute atomic E-state index is 0.192. The van der Waals surface area contributed by atoms with E-state index < -0.39 is 10.0 Å². The van der Waals surface area contributed by atoms with Gasteiger partial charge in [-0.2, -0.15) is 4.31 Å². The Balaban J connectivity index is 1.79. The molecule has 0 atom stereocenters. The number of aromatic nitrogens is 1. The molecule has 2 aliphatic heterocycles. The molecule has 0 aliphatic carbocycles. The van der Waals surface area contributed by atoms with E-state index >= 15 is 0 Å². The van der Waals surface area contributed by atoms with E-state index in [9.17, 15) is 8.42 Å². The van der Waals surface area contributed by atoms with Crippen LogP contribution >= 0.6 is 0 Å². The number of likely N-dealkylation sites (N-methyl/N-ethyl adjacent to an activating group) is 1. The molecule has 2 aliphatic rings. The summed E-state index contributed by atoms with van der Waals surface area (Å²) < 4.78 is 27.9. The summed E-state index contributed by atoms with van der Waals surface area (Å²) in [6.07, 6.45) is 1.79. The fraction of sp³-hybridized carbons (Fsp3) is 0.688. The molecule has 0 radical (unpaired) electrons. The van der Waals surface area contributed by atoms with E-state index in [2.05, 4.69) is 16.9 Å². The lowest BCUT2D eigenvalue weighted by molar-refractivity contribution is -0.901. The summed E-state index contributed by atoms with van der Waals surface area (Å²) in [5, 5.41) is 9.09. The third-order valence-electron chi connectivity index (χ3n) is 5.24. The number of aliphatic hydroxyl groups excluding tert-OH is 1. The monoisotopic (exact) mass is 372 g/mol. The maximum atomic E-state index is 13.2. The molecular formula is C16H30N5O3S+3. The fourth-order valence-electron chi connectivity index (χ4n) is 3.57. The maximum absolute atomic E-state index is 13.2. The van der Waals surface area contributed by atoms with Crippen molar-refractivity contribution in [3.63, 3.8) is 0 Å². The summed E-state index contributed by atoms with van der Waals surface area (Å²) in [7, 11) is -1.39. The highest BCUT2D eigenvalue weighted by Gasteiger charge is 2.36. The van der Waals surface area contributed by atoms with Crippen molar-refractivity contribution in [2.45, 2.75) is 4.90 Å². The number of pyridine rings is 1. The van der Waals surface area contributed by atoms with Crippen molar-refractivity contribution < 1.29 is 28.3 Å². The van der Waals surface area contributed by atoms with E-state index in [1.54, 1.807) is 22.6 Å². The lowest BCUT2D eigenvalue weighted by atomic mass is 10.3. The number of aromatic amines is 1. The molecule has 0 spiro atoms. The molecule has 2 saturated heterocycles. The second-order valence-corrected chi connectivity index (χ2v) is 8.86. The van der Waals surface area contributed by atoms with Crippen LogP contribution in [0.3, 0.4) is 0 Å². The van der Waals surface area contributed by atoms with Crippen molar-refractivity contribution in [2.75, 3.05) is 77.5 Å². The van der Waals surface area contributed by atoms with E-state index in [1.807, 2.05) is 0 Å². The van der Waals surface area contributed by atoms with Crippen LogP contribution in [-0.4, -0.2) is 90.4 Å². The van der Waals surface area contributed by atoms with Crippen molar-refractivity contribution in [3.8, 4) is 0 Å². The molecule has 9 heteroatoms. The van der Waals surface area contributed by atoms with Gasteiger partial charge in [-0.3, -0.25) is 0 Å². The van der Waals surface area contributed by atoms with Gasteiger partial charge in [0.15, 0.2) is 4.90 Å². The van der Waals surface area contributed by atoms with Crippen molar-refractivity contribution in [1.82, 2.24) is 4.31 Å². The van der Waals surface area contributed by atoms with Crippen molar-refractivity contribution >= 4 is 15.8 Å². The van der Waals surface area contributed by atoms with Gasteiger partial charge in [0.1, 0.15) is 32.7 Å². The molecule has 3 rings (SSSR count). The van der Waals surface area contributed by atoms with Gasteiger partial charge >= 0.3 is 0 Å². The number of sulfonamides is 1. The number of nitrogens with zero attached hydrogens (tertiary/aromatic N) is 2. The molecule has 0 aromatic carbocycles. The number of nitrogens with one attached hydrogen (secondary N) is 3. The number of hydrogen-bond donors (Lipinski definition) is 3. The van der Waals surface area contributed by atoms with Gasteiger partial charge in [0, 0.05) is 0 Å². The zero-order valence-corrected chi connectivity index (χ0v) is 15.7. The highest BCUT2D eigenvalue weighted by Crippen LogP contribution is 2.23. The van der Waals surface area contributed by atoms with Crippen molar-refractivity contribution in [1.29, 1.82) is 0 Å². The first-order chi connectivity index (χ1) is 12.0. The molecule has 140 valence electrons. The summed E-state index contributed by atoms with van der Waals surface area (Å²) in [6, 6.07) is 3.46. The Bertz CT molecular complexity index is 668. The largest absolute Gasteiger partial charge is 0.391 e. The number of quaternary nitrogens is 2. The zero-order chi connectivity index (χ0) is 17.9. The second-order valence-electron chi connectivity index (χ2n) is 6.95. The van der Waals surface area contributed by atoms with Crippen LogP contribution in [0.25, 0.3) is 0 Å². The average molecular weight is 373 g/mol.